The molecule has 0 aliphatic carbocycles. The van der Waals surface area contributed by atoms with Crippen LogP contribution in [0.5, 0.6) is 0 Å². The molecule has 1 N–H and O–H groups in total. The largest absolute Gasteiger partial charge is 0.383 e. The molecular weight excluding hydrogens is 295 g/mol. The molecule has 7 heteroatoms. The predicted molar refractivity (Wildman–Crippen MR) is 80.1 cm³/mol. The monoisotopic (exact) mass is 318 g/mol. The second-order valence-corrected chi connectivity index (χ2v) is 7.15. The maximum atomic E-state index is 13.7. The normalized spacial score (nSPS) is 12.3. The van der Waals surface area contributed by atoms with E-state index in [0.717, 1.165) is 0 Å². The van der Waals surface area contributed by atoms with Gasteiger partial charge in [0.2, 0.25) is 10.0 Å². The van der Waals surface area contributed by atoms with E-state index in [2.05, 4.69) is 5.32 Å². The number of rotatable bonds is 8. The molecule has 0 heterocycles. The van der Waals surface area contributed by atoms with E-state index in [4.69, 9.17) is 4.74 Å². The van der Waals surface area contributed by atoms with E-state index < -0.39 is 15.8 Å². The highest BCUT2D eigenvalue weighted by Crippen LogP contribution is 2.18. The maximum Gasteiger partial charge on any atom is 0.242 e. The third kappa shape index (κ3) is 5.03. The number of hydrogen-bond acceptors (Lipinski definition) is 4. The van der Waals surface area contributed by atoms with Gasteiger partial charge >= 0.3 is 0 Å². The van der Waals surface area contributed by atoms with Crippen molar-refractivity contribution in [2.24, 2.45) is 0 Å². The van der Waals surface area contributed by atoms with Crippen LogP contribution in [0.2, 0.25) is 0 Å². The second kappa shape index (κ2) is 7.84. The molecule has 0 aromatic heterocycles. The first kappa shape index (κ1) is 18.0. The minimum Gasteiger partial charge on any atom is -0.383 e. The summed E-state index contributed by atoms with van der Waals surface area (Å²) >= 11 is 0. The van der Waals surface area contributed by atoms with Crippen molar-refractivity contribution in [1.82, 2.24) is 9.62 Å². The Bertz CT molecular complexity index is 561. The Labute approximate surface area is 126 Å². The van der Waals surface area contributed by atoms with Crippen LogP contribution in [-0.2, 0) is 21.3 Å². The molecule has 5 nitrogen and oxygen atoms in total. The van der Waals surface area contributed by atoms with Crippen LogP contribution in [-0.4, -0.2) is 46.1 Å². The van der Waals surface area contributed by atoms with Gasteiger partial charge in [0.1, 0.15) is 5.82 Å². The van der Waals surface area contributed by atoms with Gasteiger partial charge in [-0.05, 0) is 18.2 Å². The molecule has 1 aromatic carbocycles. The zero-order valence-electron chi connectivity index (χ0n) is 12.9. The number of nitrogens with one attached hydrogen (secondary N) is 1. The summed E-state index contributed by atoms with van der Waals surface area (Å²) in [5, 5.41) is 3.08. The molecule has 0 spiro atoms. The zero-order chi connectivity index (χ0) is 16.0. The van der Waals surface area contributed by atoms with E-state index in [9.17, 15) is 12.8 Å². The van der Waals surface area contributed by atoms with Gasteiger partial charge in [0.05, 0.1) is 11.5 Å². The van der Waals surface area contributed by atoms with Crippen LogP contribution in [0, 0.1) is 5.82 Å². The summed E-state index contributed by atoms with van der Waals surface area (Å²) in [4.78, 5) is 0.0862. The third-order valence-electron chi connectivity index (χ3n) is 3.04. The van der Waals surface area contributed by atoms with E-state index in [1.165, 1.54) is 36.7 Å². The van der Waals surface area contributed by atoms with Crippen LogP contribution in [0.25, 0.3) is 0 Å². The van der Waals surface area contributed by atoms with Gasteiger partial charge in [0.15, 0.2) is 0 Å². The van der Waals surface area contributed by atoms with Crippen LogP contribution in [0.15, 0.2) is 23.1 Å². The molecule has 0 radical (unpaired) electrons. The van der Waals surface area contributed by atoms with E-state index in [1.807, 2.05) is 13.8 Å². The topological polar surface area (TPSA) is 58.6 Å². The highest BCUT2D eigenvalue weighted by Gasteiger charge is 2.21. The number of likely N-dealkylation sites (N-methyl/N-ethyl adjacent to an activating group) is 1. The van der Waals surface area contributed by atoms with Crippen molar-refractivity contribution in [1.29, 1.82) is 0 Å². The number of methoxy groups -OCH3 is 1. The summed E-state index contributed by atoms with van der Waals surface area (Å²) in [5.41, 5.74) is 0.338. The fourth-order valence-corrected chi connectivity index (χ4v) is 2.89. The lowest BCUT2D eigenvalue weighted by molar-refractivity contribution is 0.185. The highest BCUT2D eigenvalue weighted by molar-refractivity contribution is 7.89. The van der Waals surface area contributed by atoms with Gasteiger partial charge in [0, 0.05) is 38.9 Å². The van der Waals surface area contributed by atoms with Crippen molar-refractivity contribution in [2.45, 2.75) is 31.3 Å². The molecule has 0 saturated heterocycles. The van der Waals surface area contributed by atoms with Crippen LogP contribution in [0.1, 0.15) is 19.4 Å². The Balaban J connectivity index is 2.99. The Morgan fingerprint density at radius 1 is 1.38 bits per heavy atom. The van der Waals surface area contributed by atoms with Gasteiger partial charge in [-0.2, -0.15) is 4.31 Å². The average molecular weight is 318 g/mol. The molecule has 0 atom stereocenters. The second-order valence-electron chi connectivity index (χ2n) is 5.11. The molecule has 0 amide bonds. The van der Waals surface area contributed by atoms with Crippen LogP contribution >= 0.6 is 0 Å². The number of halogens is 1. The number of benzene rings is 1. The maximum absolute atomic E-state index is 13.7. The predicted octanol–water partition coefficient (Wildman–Crippen LogP) is 1.59. The van der Waals surface area contributed by atoms with Crippen LogP contribution < -0.4 is 5.32 Å². The van der Waals surface area contributed by atoms with Gasteiger partial charge in [-0.15, -0.1) is 0 Å². The van der Waals surface area contributed by atoms with Gasteiger partial charge in [-0.3, -0.25) is 0 Å². The lowest BCUT2D eigenvalue weighted by Crippen LogP contribution is -2.30. The summed E-state index contributed by atoms with van der Waals surface area (Å²) in [6.45, 7) is 4.72. The SMILES string of the molecule is COCCN(C)S(=O)(=O)c1ccc(F)c(CNC(C)C)c1. The van der Waals surface area contributed by atoms with E-state index in [1.54, 1.807) is 0 Å². The van der Waals surface area contributed by atoms with Crippen LogP contribution in [0.4, 0.5) is 4.39 Å². The Kier molecular flexibility index (Phi) is 6.73. The first-order valence-electron chi connectivity index (χ1n) is 6.76. The molecule has 1 aromatic rings. The first-order chi connectivity index (χ1) is 9.78. The molecule has 0 fully saturated rings. The standard InChI is InChI=1S/C14H23FN2O3S/c1-11(2)16-10-12-9-13(5-6-14(12)15)21(18,19)17(3)7-8-20-4/h5-6,9,11,16H,7-8,10H2,1-4H3. The minimum atomic E-state index is -3.63. The first-order valence-corrected chi connectivity index (χ1v) is 8.20. The van der Waals surface area contributed by atoms with Crippen molar-refractivity contribution >= 4 is 10.0 Å². The van der Waals surface area contributed by atoms with E-state index >= 15 is 0 Å². The summed E-state index contributed by atoms with van der Waals surface area (Å²) in [7, 11) is -0.646. The molecule has 1 rings (SSSR count). The summed E-state index contributed by atoms with van der Waals surface area (Å²) in [6.07, 6.45) is 0. The lowest BCUT2D eigenvalue weighted by Gasteiger charge is -2.17. The third-order valence-corrected chi connectivity index (χ3v) is 4.89. The molecule has 0 saturated carbocycles. The summed E-state index contributed by atoms with van der Waals surface area (Å²) in [6, 6.07) is 4.04. The van der Waals surface area contributed by atoms with Gasteiger partial charge in [0.25, 0.3) is 0 Å². The van der Waals surface area contributed by atoms with Crippen LogP contribution in [0.3, 0.4) is 0 Å². The quantitative estimate of drug-likeness (QED) is 0.791. The Hall–Kier alpha value is -1.02. The van der Waals surface area contributed by atoms with Crippen molar-refractivity contribution in [3.63, 3.8) is 0 Å². The van der Waals surface area contributed by atoms with Crippen molar-refractivity contribution < 1.29 is 17.5 Å². The molecule has 0 unspecified atom stereocenters. The Morgan fingerprint density at radius 3 is 2.62 bits per heavy atom. The molecule has 0 bridgehead atoms. The zero-order valence-corrected chi connectivity index (χ0v) is 13.7. The Morgan fingerprint density at radius 2 is 2.05 bits per heavy atom. The van der Waals surface area contributed by atoms with Crippen molar-refractivity contribution in [3.05, 3.63) is 29.6 Å². The average Bonchev–Trinajstić information content (AvgIpc) is 2.43. The molecular formula is C14H23FN2O3S. The van der Waals surface area contributed by atoms with Crippen molar-refractivity contribution in [3.8, 4) is 0 Å². The summed E-state index contributed by atoms with van der Waals surface area (Å²) in [5.74, 6) is -0.415. The van der Waals surface area contributed by atoms with Crippen molar-refractivity contribution in [2.75, 3.05) is 27.3 Å². The summed E-state index contributed by atoms with van der Waals surface area (Å²) < 4.78 is 44.6. The molecule has 0 aliphatic rings. The smallest absolute Gasteiger partial charge is 0.242 e. The minimum absolute atomic E-state index is 0.0862. The number of hydrogen-bond donors (Lipinski definition) is 1. The lowest BCUT2D eigenvalue weighted by atomic mass is 10.2. The van der Waals surface area contributed by atoms with E-state index in [-0.39, 0.29) is 24.0 Å². The fraction of sp³-hybridized carbons (Fsp3) is 0.571. The number of ether oxygens (including phenoxy) is 1. The fourth-order valence-electron chi connectivity index (χ4n) is 1.68. The highest BCUT2D eigenvalue weighted by atomic mass is 32.2. The molecule has 120 valence electrons. The number of sulfonamides is 1. The van der Waals surface area contributed by atoms with Gasteiger partial charge < -0.3 is 10.1 Å². The van der Waals surface area contributed by atoms with E-state index in [0.29, 0.717) is 12.2 Å². The number of nitrogens with zero attached hydrogens (tertiary/aromatic N) is 1. The molecule has 21 heavy (non-hydrogen) atoms. The van der Waals surface area contributed by atoms with Gasteiger partial charge in [-0.1, -0.05) is 13.8 Å². The molecule has 0 aliphatic heterocycles. The van der Waals surface area contributed by atoms with Gasteiger partial charge in [-0.25, -0.2) is 12.8 Å².